The molecule has 0 saturated carbocycles. The molecule has 4 nitrogen and oxygen atoms in total. The van der Waals surface area contributed by atoms with Gasteiger partial charge in [0.2, 0.25) is 0 Å². The maximum Gasteiger partial charge on any atom is 0.283 e. The van der Waals surface area contributed by atoms with Crippen molar-refractivity contribution in [1.29, 1.82) is 0 Å². The van der Waals surface area contributed by atoms with Crippen molar-refractivity contribution in [2.75, 3.05) is 0 Å². The van der Waals surface area contributed by atoms with E-state index in [-0.39, 0.29) is 5.91 Å². The van der Waals surface area contributed by atoms with Crippen molar-refractivity contribution in [3.63, 3.8) is 0 Å². The molecule has 6 heteroatoms. The maximum atomic E-state index is 12.4. The molecular formula is C17H15ClN2O2S. The summed E-state index contributed by atoms with van der Waals surface area (Å²) in [6.07, 6.45) is 0.646. The number of carbonyl (C=O) groups is 1. The molecular weight excluding hydrogens is 332 g/mol. The molecule has 0 unspecified atom stereocenters. The fraction of sp³-hybridized carbons (Fsp3) is 0.176. The highest BCUT2D eigenvalue weighted by atomic mass is 35.5. The van der Waals surface area contributed by atoms with Crippen molar-refractivity contribution >= 4 is 44.6 Å². The van der Waals surface area contributed by atoms with Gasteiger partial charge in [-0.25, -0.2) is 5.43 Å². The molecule has 1 amide bonds. The highest BCUT2D eigenvalue weighted by Crippen LogP contribution is 2.34. The molecule has 0 saturated heterocycles. The van der Waals surface area contributed by atoms with E-state index >= 15 is 0 Å². The molecule has 3 aromatic rings. The third-order valence-corrected chi connectivity index (χ3v) is 5.07. The third kappa shape index (κ3) is 3.16. The van der Waals surface area contributed by atoms with Crippen LogP contribution in [-0.4, -0.2) is 11.6 Å². The van der Waals surface area contributed by atoms with Crippen LogP contribution < -0.4 is 5.43 Å². The highest BCUT2D eigenvalue weighted by Gasteiger charge is 2.17. The van der Waals surface area contributed by atoms with Gasteiger partial charge in [-0.1, -0.05) is 36.7 Å². The van der Waals surface area contributed by atoms with Gasteiger partial charge < -0.3 is 4.42 Å². The predicted octanol–water partition coefficient (Wildman–Crippen LogP) is 5.00. The first-order chi connectivity index (χ1) is 11.1. The number of fused-ring (bicyclic) bond motifs is 1. The van der Waals surface area contributed by atoms with Crippen molar-refractivity contribution in [2.24, 2.45) is 5.10 Å². The van der Waals surface area contributed by atoms with Crippen molar-refractivity contribution in [1.82, 2.24) is 5.43 Å². The molecule has 0 radical (unpaired) electrons. The second-order valence-electron chi connectivity index (χ2n) is 5.00. The van der Waals surface area contributed by atoms with E-state index in [0.717, 1.165) is 15.8 Å². The lowest BCUT2D eigenvalue weighted by atomic mass is 10.2. The summed E-state index contributed by atoms with van der Waals surface area (Å²) in [6.45, 7) is 3.82. The Labute approximate surface area is 142 Å². The summed E-state index contributed by atoms with van der Waals surface area (Å²) in [4.78, 5) is 12.8. The summed E-state index contributed by atoms with van der Waals surface area (Å²) < 4.78 is 6.52. The molecule has 2 heterocycles. The Morgan fingerprint density at radius 2 is 2.09 bits per heavy atom. The van der Waals surface area contributed by atoms with Gasteiger partial charge in [0, 0.05) is 10.1 Å². The number of nitrogens with one attached hydrogen (secondary N) is 1. The van der Waals surface area contributed by atoms with Crippen molar-refractivity contribution in [3.05, 3.63) is 57.8 Å². The minimum atomic E-state index is -0.314. The fourth-order valence-electron chi connectivity index (χ4n) is 2.23. The standard InChI is InChI=1S/C17H15ClN2O2S/c1-3-12(13-9-8-10(2)22-13)19-20-17(21)16-15(18)11-6-4-5-7-14(11)23-16/h4-9H,3H2,1-2H3,(H,20,21)/b19-12-. The minimum absolute atomic E-state index is 0.314. The SMILES string of the molecule is CC/C(=N/NC(=O)c1sc2ccccc2c1Cl)c1ccc(C)o1. The molecule has 0 aliphatic carbocycles. The number of halogens is 1. The largest absolute Gasteiger partial charge is 0.460 e. The van der Waals surface area contributed by atoms with Crippen LogP contribution in [0.4, 0.5) is 0 Å². The van der Waals surface area contributed by atoms with Gasteiger partial charge in [0.1, 0.15) is 22.1 Å². The molecule has 0 fully saturated rings. The molecule has 23 heavy (non-hydrogen) atoms. The zero-order valence-electron chi connectivity index (χ0n) is 12.7. The van der Waals surface area contributed by atoms with Crippen molar-refractivity contribution in [3.8, 4) is 0 Å². The van der Waals surface area contributed by atoms with E-state index in [0.29, 0.717) is 27.8 Å². The summed E-state index contributed by atoms with van der Waals surface area (Å²) in [6, 6.07) is 11.4. The number of thiophene rings is 1. The predicted molar refractivity (Wildman–Crippen MR) is 94.6 cm³/mol. The number of nitrogens with zero attached hydrogens (tertiary/aromatic N) is 1. The quantitative estimate of drug-likeness (QED) is 0.534. The number of hydrogen-bond acceptors (Lipinski definition) is 4. The normalized spacial score (nSPS) is 11.9. The summed E-state index contributed by atoms with van der Waals surface area (Å²) in [5.41, 5.74) is 3.26. The average Bonchev–Trinajstić information content (AvgIpc) is 3.12. The number of hydrazone groups is 1. The maximum absolute atomic E-state index is 12.4. The van der Waals surface area contributed by atoms with Crippen LogP contribution in [0.5, 0.6) is 0 Å². The van der Waals surface area contributed by atoms with Crippen LogP contribution in [0.2, 0.25) is 5.02 Å². The van der Waals surface area contributed by atoms with Crippen molar-refractivity contribution in [2.45, 2.75) is 20.3 Å². The lowest BCUT2D eigenvalue weighted by Gasteiger charge is -2.02. The number of amides is 1. The first-order valence-electron chi connectivity index (χ1n) is 7.21. The third-order valence-electron chi connectivity index (χ3n) is 3.39. The molecule has 0 bridgehead atoms. The van der Waals surface area contributed by atoms with Gasteiger partial charge in [-0.2, -0.15) is 5.10 Å². The number of furan rings is 1. The van der Waals surface area contributed by atoms with Crippen LogP contribution in [0, 0.1) is 6.92 Å². The Kier molecular flexibility index (Phi) is 4.50. The monoisotopic (exact) mass is 346 g/mol. The lowest BCUT2D eigenvalue weighted by Crippen LogP contribution is -2.19. The number of aryl methyl sites for hydroxylation is 1. The topological polar surface area (TPSA) is 54.6 Å². The Balaban J connectivity index is 1.85. The van der Waals surface area contributed by atoms with Gasteiger partial charge in [-0.3, -0.25) is 4.79 Å². The van der Waals surface area contributed by atoms with Crippen LogP contribution in [0.1, 0.15) is 34.5 Å². The van der Waals surface area contributed by atoms with Gasteiger partial charge in [-0.05, 0) is 31.5 Å². The summed E-state index contributed by atoms with van der Waals surface area (Å²) in [5.74, 6) is 1.15. The molecule has 1 aromatic carbocycles. The smallest absolute Gasteiger partial charge is 0.283 e. The van der Waals surface area contributed by atoms with E-state index in [1.165, 1.54) is 11.3 Å². The van der Waals surface area contributed by atoms with E-state index in [1.807, 2.05) is 50.2 Å². The van der Waals surface area contributed by atoms with Crippen LogP contribution in [-0.2, 0) is 0 Å². The molecule has 0 spiro atoms. The number of hydrogen-bond donors (Lipinski definition) is 1. The molecule has 118 valence electrons. The second-order valence-corrected chi connectivity index (χ2v) is 6.43. The zero-order chi connectivity index (χ0) is 16.4. The van der Waals surface area contributed by atoms with Gasteiger partial charge >= 0.3 is 0 Å². The van der Waals surface area contributed by atoms with E-state index in [9.17, 15) is 4.79 Å². The van der Waals surface area contributed by atoms with E-state index < -0.39 is 0 Å². The Morgan fingerprint density at radius 3 is 2.74 bits per heavy atom. The van der Waals surface area contributed by atoms with Gasteiger partial charge in [0.05, 0.1) is 5.02 Å². The van der Waals surface area contributed by atoms with Crippen LogP contribution >= 0.6 is 22.9 Å². The van der Waals surface area contributed by atoms with E-state index in [2.05, 4.69) is 10.5 Å². The van der Waals surface area contributed by atoms with E-state index in [4.69, 9.17) is 16.0 Å². The molecule has 0 aliphatic heterocycles. The fourth-order valence-corrected chi connectivity index (χ4v) is 3.63. The van der Waals surface area contributed by atoms with Gasteiger partial charge in [0.15, 0.2) is 0 Å². The highest BCUT2D eigenvalue weighted by molar-refractivity contribution is 7.21. The summed E-state index contributed by atoms with van der Waals surface area (Å²) in [7, 11) is 0. The number of rotatable bonds is 4. The van der Waals surface area contributed by atoms with Crippen molar-refractivity contribution < 1.29 is 9.21 Å². The number of carbonyl (C=O) groups excluding carboxylic acids is 1. The first kappa shape index (κ1) is 15.8. The Bertz CT molecular complexity index is 895. The zero-order valence-corrected chi connectivity index (χ0v) is 14.3. The average molecular weight is 347 g/mol. The summed E-state index contributed by atoms with van der Waals surface area (Å²) >= 11 is 7.66. The van der Waals surface area contributed by atoms with Crippen LogP contribution in [0.3, 0.4) is 0 Å². The second kappa shape index (κ2) is 6.56. The summed E-state index contributed by atoms with van der Waals surface area (Å²) in [5, 5.41) is 5.53. The molecule has 0 aliphatic rings. The minimum Gasteiger partial charge on any atom is -0.460 e. The van der Waals surface area contributed by atoms with Gasteiger partial charge in [0.25, 0.3) is 5.91 Å². The van der Waals surface area contributed by atoms with Crippen LogP contribution in [0.25, 0.3) is 10.1 Å². The molecule has 0 atom stereocenters. The molecule has 1 N–H and O–H groups in total. The Morgan fingerprint density at radius 1 is 1.30 bits per heavy atom. The lowest BCUT2D eigenvalue weighted by molar-refractivity contribution is 0.0959. The number of benzene rings is 1. The van der Waals surface area contributed by atoms with Crippen LogP contribution in [0.15, 0.2) is 45.9 Å². The van der Waals surface area contributed by atoms with Gasteiger partial charge in [-0.15, -0.1) is 11.3 Å². The molecule has 2 aromatic heterocycles. The van der Waals surface area contributed by atoms with E-state index in [1.54, 1.807) is 0 Å². The molecule has 3 rings (SSSR count). The first-order valence-corrected chi connectivity index (χ1v) is 8.40. The Hall–Kier alpha value is -2.11.